The molecule has 6 heteroatoms. The molecule has 6 nitrogen and oxygen atoms in total. The lowest BCUT2D eigenvalue weighted by Crippen LogP contribution is -2.43. The van der Waals surface area contributed by atoms with Crippen LogP contribution in [0.4, 0.5) is 5.82 Å². The fourth-order valence-electron chi connectivity index (χ4n) is 1.54. The van der Waals surface area contributed by atoms with Gasteiger partial charge in [-0.25, -0.2) is 0 Å². The topological polar surface area (TPSA) is 76.1 Å². The van der Waals surface area contributed by atoms with Gasteiger partial charge in [-0.1, -0.05) is 0 Å². The van der Waals surface area contributed by atoms with Gasteiger partial charge in [-0.15, -0.1) is 5.10 Å². The van der Waals surface area contributed by atoms with Gasteiger partial charge in [-0.2, -0.15) is 5.10 Å². The first-order chi connectivity index (χ1) is 7.84. The maximum atomic E-state index is 11.6. The van der Waals surface area contributed by atoms with Gasteiger partial charge in [-0.3, -0.25) is 4.79 Å². The van der Waals surface area contributed by atoms with E-state index in [0.29, 0.717) is 25.5 Å². The Bertz CT molecular complexity index is 338. The van der Waals surface area contributed by atoms with Crippen molar-refractivity contribution in [2.75, 3.05) is 25.1 Å². The molecule has 0 spiro atoms. The smallest absolute Gasteiger partial charge is 0.227 e. The number of anilines is 1. The standard InChI is InChI=1S/C10H14N4O2/c15-10(6-8-7-16-5-4-11-8)13-9-2-1-3-12-14-9/h1-3,8,11H,4-7H2,(H,13,14,15). The third kappa shape index (κ3) is 3.25. The number of carbonyl (C=O) groups excluding carboxylic acids is 1. The molecule has 0 saturated carbocycles. The van der Waals surface area contributed by atoms with E-state index in [1.54, 1.807) is 18.3 Å². The first kappa shape index (κ1) is 11.0. The average Bonchev–Trinajstić information content (AvgIpc) is 2.31. The summed E-state index contributed by atoms with van der Waals surface area (Å²) in [5.41, 5.74) is 0. The van der Waals surface area contributed by atoms with E-state index in [2.05, 4.69) is 20.8 Å². The van der Waals surface area contributed by atoms with E-state index in [1.165, 1.54) is 0 Å². The molecular formula is C10H14N4O2. The van der Waals surface area contributed by atoms with Crippen LogP contribution in [0.2, 0.25) is 0 Å². The van der Waals surface area contributed by atoms with Crippen LogP contribution in [0.5, 0.6) is 0 Å². The molecule has 86 valence electrons. The van der Waals surface area contributed by atoms with Gasteiger partial charge in [0.2, 0.25) is 5.91 Å². The molecule has 2 heterocycles. The van der Waals surface area contributed by atoms with Crippen LogP contribution in [0.3, 0.4) is 0 Å². The quantitative estimate of drug-likeness (QED) is 0.740. The third-order valence-corrected chi connectivity index (χ3v) is 2.27. The van der Waals surface area contributed by atoms with E-state index in [1.807, 2.05) is 0 Å². The van der Waals surface area contributed by atoms with Crippen molar-refractivity contribution in [3.8, 4) is 0 Å². The predicted octanol–water partition coefficient (Wildman–Crippen LogP) is -0.206. The number of carbonyl (C=O) groups is 1. The molecule has 1 saturated heterocycles. The van der Waals surface area contributed by atoms with Gasteiger partial charge in [0.25, 0.3) is 0 Å². The minimum Gasteiger partial charge on any atom is -0.378 e. The molecule has 1 amide bonds. The summed E-state index contributed by atoms with van der Waals surface area (Å²) in [7, 11) is 0. The van der Waals surface area contributed by atoms with E-state index < -0.39 is 0 Å². The summed E-state index contributed by atoms with van der Waals surface area (Å²) >= 11 is 0. The van der Waals surface area contributed by atoms with Crippen molar-refractivity contribution in [1.82, 2.24) is 15.5 Å². The second kappa shape index (κ2) is 5.53. The van der Waals surface area contributed by atoms with Crippen LogP contribution >= 0.6 is 0 Å². The third-order valence-electron chi connectivity index (χ3n) is 2.27. The van der Waals surface area contributed by atoms with Gasteiger partial charge in [0.15, 0.2) is 5.82 Å². The largest absolute Gasteiger partial charge is 0.378 e. The summed E-state index contributed by atoms with van der Waals surface area (Å²) in [5, 5.41) is 13.4. The van der Waals surface area contributed by atoms with Gasteiger partial charge in [0.1, 0.15) is 0 Å². The second-order valence-corrected chi connectivity index (χ2v) is 3.59. The lowest BCUT2D eigenvalue weighted by molar-refractivity contribution is -0.117. The van der Waals surface area contributed by atoms with Crippen LogP contribution in [0.15, 0.2) is 18.3 Å². The van der Waals surface area contributed by atoms with Crippen LogP contribution < -0.4 is 10.6 Å². The van der Waals surface area contributed by atoms with Crippen LogP contribution in [0.25, 0.3) is 0 Å². The summed E-state index contributed by atoms with van der Waals surface area (Å²) in [4.78, 5) is 11.6. The molecule has 0 aliphatic carbocycles. The molecular weight excluding hydrogens is 208 g/mol. The average molecular weight is 222 g/mol. The zero-order chi connectivity index (χ0) is 11.2. The minimum atomic E-state index is -0.0801. The number of rotatable bonds is 3. The molecule has 1 fully saturated rings. The number of ether oxygens (including phenoxy) is 1. The fourth-order valence-corrected chi connectivity index (χ4v) is 1.54. The van der Waals surface area contributed by atoms with Crippen molar-refractivity contribution in [3.63, 3.8) is 0 Å². The number of aromatic nitrogens is 2. The van der Waals surface area contributed by atoms with Crippen molar-refractivity contribution in [3.05, 3.63) is 18.3 Å². The highest BCUT2D eigenvalue weighted by molar-refractivity contribution is 5.90. The zero-order valence-electron chi connectivity index (χ0n) is 8.85. The van der Waals surface area contributed by atoms with Crippen molar-refractivity contribution >= 4 is 11.7 Å². The van der Waals surface area contributed by atoms with Crippen LogP contribution in [0.1, 0.15) is 6.42 Å². The molecule has 2 N–H and O–H groups in total. The maximum Gasteiger partial charge on any atom is 0.227 e. The highest BCUT2D eigenvalue weighted by Crippen LogP contribution is 2.03. The summed E-state index contributed by atoms with van der Waals surface area (Å²) in [6.45, 7) is 2.08. The SMILES string of the molecule is O=C(CC1COCCN1)Nc1cccnn1. The summed E-state index contributed by atoms with van der Waals surface area (Å²) in [6.07, 6.45) is 1.95. The van der Waals surface area contributed by atoms with Gasteiger partial charge in [0.05, 0.1) is 13.2 Å². The van der Waals surface area contributed by atoms with Crippen LogP contribution in [-0.4, -0.2) is 41.9 Å². The summed E-state index contributed by atoms with van der Waals surface area (Å²) < 4.78 is 5.26. The van der Waals surface area contributed by atoms with E-state index >= 15 is 0 Å². The minimum absolute atomic E-state index is 0.0801. The van der Waals surface area contributed by atoms with Gasteiger partial charge < -0.3 is 15.4 Å². The van der Waals surface area contributed by atoms with E-state index in [9.17, 15) is 4.79 Å². The van der Waals surface area contributed by atoms with E-state index in [-0.39, 0.29) is 11.9 Å². The van der Waals surface area contributed by atoms with Crippen LogP contribution in [-0.2, 0) is 9.53 Å². The number of hydrogen-bond acceptors (Lipinski definition) is 5. The first-order valence-corrected chi connectivity index (χ1v) is 5.23. The monoisotopic (exact) mass is 222 g/mol. The molecule has 1 atom stereocenters. The molecule has 1 aromatic heterocycles. The lowest BCUT2D eigenvalue weighted by Gasteiger charge is -2.23. The van der Waals surface area contributed by atoms with E-state index in [0.717, 1.165) is 6.54 Å². The van der Waals surface area contributed by atoms with Gasteiger partial charge >= 0.3 is 0 Å². The molecule has 1 aliphatic heterocycles. The molecule has 0 radical (unpaired) electrons. The fraction of sp³-hybridized carbons (Fsp3) is 0.500. The Labute approximate surface area is 93.4 Å². The van der Waals surface area contributed by atoms with Crippen molar-refractivity contribution in [2.24, 2.45) is 0 Å². The Hall–Kier alpha value is -1.53. The maximum absolute atomic E-state index is 11.6. The first-order valence-electron chi connectivity index (χ1n) is 5.23. The molecule has 0 aromatic carbocycles. The second-order valence-electron chi connectivity index (χ2n) is 3.59. The Morgan fingerprint density at radius 2 is 2.62 bits per heavy atom. The molecule has 1 aliphatic rings. The Kier molecular flexibility index (Phi) is 3.79. The molecule has 2 rings (SSSR count). The van der Waals surface area contributed by atoms with E-state index in [4.69, 9.17) is 4.74 Å². The van der Waals surface area contributed by atoms with Crippen molar-refractivity contribution in [2.45, 2.75) is 12.5 Å². The number of hydrogen-bond donors (Lipinski definition) is 2. The highest BCUT2D eigenvalue weighted by Gasteiger charge is 2.16. The van der Waals surface area contributed by atoms with Crippen LogP contribution in [0, 0.1) is 0 Å². The number of nitrogens with zero attached hydrogens (tertiary/aromatic N) is 2. The van der Waals surface area contributed by atoms with Gasteiger partial charge in [0, 0.05) is 25.2 Å². The lowest BCUT2D eigenvalue weighted by atomic mass is 10.2. The Morgan fingerprint density at radius 3 is 3.31 bits per heavy atom. The molecule has 1 aromatic rings. The number of nitrogens with one attached hydrogen (secondary N) is 2. The van der Waals surface area contributed by atoms with Gasteiger partial charge in [-0.05, 0) is 12.1 Å². The normalized spacial score (nSPS) is 20.4. The molecule has 16 heavy (non-hydrogen) atoms. The molecule has 1 unspecified atom stereocenters. The Morgan fingerprint density at radius 1 is 1.69 bits per heavy atom. The highest BCUT2D eigenvalue weighted by atomic mass is 16.5. The zero-order valence-corrected chi connectivity index (χ0v) is 8.85. The number of amides is 1. The summed E-state index contributed by atoms with van der Waals surface area (Å²) in [5.74, 6) is 0.396. The Balaban J connectivity index is 1.80. The van der Waals surface area contributed by atoms with Crippen molar-refractivity contribution in [1.29, 1.82) is 0 Å². The predicted molar refractivity (Wildman–Crippen MR) is 57.9 cm³/mol. The molecule has 0 bridgehead atoms. The summed E-state index contributed by atoms with van der Waals surface area (Å²) in [6, 6.07) is 3.52. The number of morpholine rings is 1. The van der Waals surface area contributed by atoms with Crippen molar-refractivity contribution < 1.29 is 9.53 Å².